The van der Waals surface area contributed by atoms with E-state index < -0.39 is 51.8 Å². The second kappa shape index (κ2) is 9.79. The Morgan fingerprint density at radius 3 is 2.11 bits per heavy atom. The van der Waals surface area contributed by atoms with Crippen LogP contribution in [0.5, 0.6) is 0 Å². The van der Waals surface area contributed by atoms with Gasteiger partial charge in [0.25, 0.3) is 5.69 Å². The van der Waals surface area contributed by atoms with Crippen LogP contribution in [0.4, 0.5) is 5.69 Å². The van der Waals surface area contributed by atoms with Crippen molar-refractivity contribution >= 4 is 40.9 Å². The number of ether oxygens (including phenoxy) is 2. The summed E-state index contributed by atoms with van der Waals surface area (Å²) in [6.07, 6.45) is -0.977. The van der Waals surface area contributed by atoms with E-state index >= 15 is 0 Å². The van der Waals surface area contributed by atoms with Crippen molar-refractivity contribution in [2.24, 2.45) is 0 Å². The minimum Gasteiger partial charge on any atom is -0.464 e. The Hall–Kier alpha value is -3.01. The van der Waals surface area contributed by atoms with Crippen molar-refractivity contribution in [1.82, 2.24) is 5.32 Å². The molecule has 0 aliphatic carbocycles. The van der Waals surface area contributed by atoms with E-state index in [-0.39, 0.29) is 18.2 Å². The number of hydrogen-bond donors (Lipinski definition) is 1. The van der Waals surface area contributed by atoms with E-state index in [0.29, 0.717) is 0 Å². The minimum atomic E-state index is -2.51. The molecule has 0 aliphatic rings. The molecule has 28 heavy (non-hydrogen) atoms. The minimum absolute atomic E-state index is 0.153. The quantitative estimate of drug-likeness (QED) is 0.212. The molecule has 0 heterocycles. The van der Waals surface area contributed by atoms with E-state index in [2.05, 4.69) is 5.32 Å². The standard InChI is InChI=1S/C17H19ClN2O8/c1-4-27-15(23)17(19-10(3)21,16(24)28-5-2)9-13(22)14-11(18)7-6-8-12(14)20(25)26/h6-8H,4-5,9H2,1-3H3,(H,19,21). The highest BCUT2D eigenvalue weighted by molar-refractivity contribution is 6.35. The Kier molecular flexibility index (Phi) is 8.05. The molecule has 0 saturated heterocycles. The molecule has 0 aromatic heterocycles. The molecule has 0 saturated carbocycles. The Balaban J connectivity index is 3.53. The largest absolute Gasteiger partial charge is 0.464 e. The molecule has 1 N–H and O–H groups in total. The van der Waals surface area contributed by atoms with Crippen molar-refractivity contribution in [3.63, 3.8) is 0 Å². The summed E-state index contributed by atoms with van der Waals surface area (Å²) < 4.78 is 9.69. The Labute approximate surface area is 165 Å². The van der Waals surface area contributed by atoms with Gasteiger partial charge in [-0.3, -0.25) is 19.7 Å². The predicted molar refractivity (Wildman–Crippen MR) is 96.9 cm³/mol. The molecule has 1 rings (SSSR count). The lowest BCUT2D eigenvalue weighted by Crippen LogP contribution is -2.62. The fourth-order valence-electron chi connectivity index (χ4n) is 2.45. The normalized spacial score (nSPS) is 10.7. The number of nitrogens with zero attached hydrogens (tertiary/aromatic N) is 1. The first-order valence-corrected chi connectivity index (χ1v) is 8.57. The maximum absolute atomic E-state index is 12.8. The van der Waals surface area contributed by atoms with E-state index in [1.54, 1.807) is 0 Å². The number of nitrogens with one attached hydrogen (secondary N) is 1. The highest BCUT2D eigenvalue weighted by Gasteiger charge is 2.52. The van der Waals surface area contributed by atoms with Gasteiger partial charge in [-0.2, -0.15) is 0 Å². The summed E-state index contributed by atoms with van der Waals surface area (Å²) in [5.74, 6) is -4.30. The number of carbonyl (C=O) groups excluding carboxylic acids is 4. The van der Waals surface area contributed by atoms with Crippen LogP contribution >= 0.6 is 11.6 Å². The highest BCUT2D eigenvalue weighted by atomic mass is 35.5. The molecule has 0 spiro atoms. The number of carbonyl (C=O) groups is 4. The molecule has 1 aromatic rings. The van der Waals surface area contributed by atoms with Crippen molar-refractivity contribution in [3.05, 3.63) is 38.9 Å². The third-order valence-electron chi connectivity index (χ3n) is 3.53. The van der Waals surface area contributed by atoms with Crippen LogP contribution in [0, 0.1) is 10.1 Å². The lowest BCUT2D eigenvalue weighted by atomic mass is 9.89. The zero-order chi connectivity index (χ0) is 21.5. The second-order valence-corrected chi connectivity index (χ2v) is 5.93. The van der Waals surface area contributed by atoms with Crippen molar-refractivity contribution in [1.29, 1.82) is 0 Å². The fourth-order valence-corrected chi connectivity index (χ4v) is 2.73. The van der Waals surface area contributed by atoms with E-state index in [0.717, 1.165) is 13.0 Å². The first-order valence-electron chi connectivity index (χ1n) is 8.20. The monoisotopic (exact) mass is 414 g/mol. The molecule has 10 nitrogen and oxygen atoms in total. The number of nitro benzene ring substituents is 1. The predicted octanol–water partition coefficient (Wildman–Crippen LogP) is 1.82. The number of halogens is 1. The van der Waals surface area contributed by atoms with Gasteiger partial charge in [0.2, 0.25) is 11.4 Å². The van der Waals surface area contributed by atoms with Crippen LogP contribution in [-0.2, 0) is 23.9 Å². The Morgan fingerprint density at radius 2 is 1.68 bits per heavy atom. The van der Waals surface area contributed by atoms with Gasteiger partial charge in [0, 0.05) is 13.0 Å². The summed E-state index contributed by atoms with van der Waals surface area (Å²) in [5.41, 5.74) is -3.62. The van der Waals surface area contributed by atoms with Gasteiger partial charge in [-0.1, -0.05) is 17.7 Å². The first-order chi connectivity index (χ1) is 13.1. The molecule has 0 fully saturated rings. The van der Waals surface area contributed by atoms with Gasteiger partial charge in [-0.25, -0.2) is 9.59 Å². The Morgan fingerprint density at radius 1 is 1.14 bits per heavy atom. The van der Waals surface area contributed by atoms with Crippen LogP contribution in [0.2, 0.25) is 5.02 Å². The summed E-state index contributed by atoms with van der Waals surface area (Å²) >= 11 is 5.94. The number of esters is 2. The molecule has 0 radical (unpaired) electrons. The van der Waals surface area contributed by atoms with Gasteiger partial charge < -0.3 is 14.8 Å². The SMILES string of the molecule is CCOC(=O)C(CC(=O)c1c(Cl)cccc1[N+](=O)[O-])(NC(C)=O)C(=O)OCC. The zero-order valence-electron chi connectivity index (χ0n) is 15.4. The summed E-state index contributed by atoms with van der Waals surface area (Å²) in [7, 11) is 0. The maximum Gasteiger partial charge on any atom is 0.344 e. The molecule has 152 valence electrons. The van der Waals surface area contributed by atoms with Gasteiger partial charge in [-0.15, -0.1) is 0 Å². The van der Waals surface area contributed by atoms with Crippen molar-refractivity contribution in [2.75, 3.05) is 13.2 Å². The summed E-state index contributed by atoms with van der Waals surface area (Å²) in [6, 6.07) is 3.57. The van der Waals surface area contributed by atoms with E-state index in [9.17, 15) is 29.3 Å². The Bertz CT molecular complexity index is 790. The molecule has 0 aliphatic heterocycles. The van der Waals surface area contributed by atoms with Crippen LogP contribution in [0.1, 0.15) is 37.6 Å². The van der Waals surface area contributed by atoms with E-state index in [1.165, 1.54) is 26.0 Å². The number of nitro groups is 1. The van der Waals surface area contributed by atoms with Crippen molar-refractivity contribution < 1.29 is 33.6 Å². The number of benzene rings is 1. The third kappa shape index (κ3) is 5.03. The average Bonchev–Trinajstić information content (AvgIpc) is 2.60. The van der Waals surface area contributed by atoms with Gasteiger partial charge in [0.1, 0.15) is 5.56 Å². The second-order valence-electron chi connectivity index (χ2n) is 5.52. The number of Topliss-reactive ketones (excluding diaryl/α,β-unsaturated/α-hetero) is 1. The van der Waals surface area contributed by atoms with Gasteiger partial charge in [-0.05, 0) is 19.9 Å². The summed E-state index contributed by atoms with van der Waals surface area (Å²) in [5, 5.41) is 13.1. The number of rotatable bonds is 9. The van der Waals surface area contributed by atoms with Crippen LogP contribution in [0.25, 0.3) is 0 Å². The lowest BCUT2D eigenvalue weighted by Gasteiger charge is -2.29. The molecule has 0 atom stereocenters. The van der Waals surface area contributed by atoms with Crippen LogP contribution in [0.3, 0.4) is 0 Å². The van der Waals surface area contributed by atoms with E-state index in [4.69, 9.17) is 21.1 Å². The molecule has 1 amide bonds. The smallest absolute Gasteiger partial charge is 0.344 e. The topological polar surface area (TPSA) is 142 Å². The van der Waals surface area contributed by atoms with E-state index in [1.807, 2.05) is 0 Å². The van der Waals surface area contributed by atoms with Gasteiger partial charge in [0.15, 0.2) is 5.78 Å². The molecular weight excluding hydrogens is 396 g/mol. The van der Waals surface area contributed by atoms with Gasteiger partial charge >= 0.3 is 11.9 Å². The van der Waals surface area contributed by atoms with Crippen LogP contribution in [0.15, 0.2) is 18.2 Å². The molecule has 0 bridgehead atoms. The zero-order valence-corrected chi connectivity index (χ0v) is 16.2. The fraction of sp³-hybridized carbons (Fsp3) is 0.412. The number of amides is 1. The highest BCUT2D eigenvalue weighted by Crippen LogP contribution is 2.30. The van der Waals surface area contributed by atoms with Crippen LogP contribution in [-0.4, -0.2) is 47.3 Å². The number of ketones is 1. The lowest BCUT2D eigenvalue weighted by molar-refractivity contribution is -0.385. The van der Waals surface area contributed by atoms with Gasteiger partial charge in [0.05, 0.1) is 29.6 Å². The number of hydrogen-bond acceptors (Lipinski definition) is 8. The molecular formula is C17H19ClN2O8. The van der Waals surface area contributed by atoms with Crippen LogP contribution < -0.4 is 5.32 Å². The average molecular weight is 415 g/mol. The van der Waals surface area contributed by atoms with Crippen molar-refractivity contribution in [2.45, 2.75) is 32.7 Å². The molecule has 11 heteroatoms. The first kappa shape index (κ1) is 23.0. The third-order valence-corrected chi connectivity index (χ3v) is 3.85. The maximum atomic E-state index is 12.8. The van der Waals surface area contributed by atoms with Crippen molar-refractivity contribution in [3.8, 4) is 0 Å². The molecule has 0 unspecified atom stereocenters. The summed E-state index contributed by atoms with van der Waals surface area (Å²) in [4.78, 5) is 60.0. The summed E-state index contributed by atoms with van der Waals surface area (Å²) in [6.45, 7) is 3.64. The molecule has 1 aromatic carbocycles.